The van der Waals surface area contributed by atoms with Crippen LogP contribution in [0.4, 0.5) is 4.39 Å². The lowest BCUT2D eigenvalue weighted by molar-refractivity contribution is 0.201. The quantitative estimate of drug-likeness (QED) is 0.364. The molecule has 0 aliphatic heterocycles. The summed E-state index contributed by atoms with van der Waals surface area (Å²) in [6.45, 7) is 5.79. The van der Waals surface area contributed by atoms with Crippen LogP contribution in [-0.4, -0.2) is 28.5 Å². The van der Waals surface area contributed by atoms with Gasteiger partial charge in [0.25, 0.3) is 0 Å². The second kappa shape index (κ2) is 6.22. The highest BCUT2D eigenvalue weighted by Crippen LogP contribution is 2.31. The molecule has 0 heterocycles. The molecule has 4 nitrogen and oxygen atoms in total. The zero-order valence-corrected chi connectivity index (χ0v) is 12.0. The number of hydrogen-bond acceptors (Lipinski definition) is 3. The van der Waals surface area contributed by atoms with Crippen LogP contribution < -0.4 is 5.73 Å². The van der Waals surface area contributed by atoms with E-state index in [2.05, 4.69) is 23.9 Å². The molecule has 3 N–H and O–H groups in total. The maximum absolute atomic E-state index is 14.4. The van der Waals surface area contributed by atoms with Crippen molar-refractivity contribution >= 4 is 5.84 Å². The molecular weight excluding hydrogens is 257 g/mol. The minimum absolute atomic E-state index is 0.153. The van der Waals surface area contributed by atoms with E-state index in [0.29, 0.717) is 18.2 Å². The van der Waals surface area contributed by atoms with E-state index in [0.717, 1.165) is 12.5 Å². The molecule has 1 aliphatic rings. The van der Waals surface area contributed by atoms with E-state index in [1.165, 1.54) is 18.9 Å². The number of oxime groups is 1. The monoisotopic (exact) mass is 279 g/mol. The van der Waals surface area contributed by atoms with Gasteiger partial charge in [-0.2, -0.15) is 0 Å². The lowest BCUT2D eigenvalue weighted by atomic mass is 10.1. The summed E-state index contributed by atoms with van der Waals surface area (Å²) in [5.41, 5.74) is 6.23. The molecule has 0 radical (unpaired) electrons. The Labute approximate surface area is 119 Å². The number of benzene rings is 1. The Bertz CT molecular complexity index is 498. The van der Waals surface area contributed by atoms with Gasteiger partial charge >= 0.3 is 0 Å². The highest BCUT2D eigenvalue weighted by molar-refractivity contribution is 5.97. The first-order chi connectivity index (χ1) is 9.52. The molecule has 0 saturated heterocycles. The van der Waals surface area contributed by atoms with Crippen molar-refractivity contribution in [1.29, 1.82) is 0 Å². The molecule has 2 rings (SSSR count). The van der Waals surface area contributed by atoms with Gasteiger partial charge in [-0.1, -0.05) is 17.3 Å². The van der Waals surface area contributed by atoms with E-state index >= 15 is 0 Å². The van der Waals surface area contributed by atoms with Gasteiger partial charge in [0.05, 0.1) is 5.56 Å². The summed E-state index contributed by atoms with van der Waals surface area (Å²) < 4.78 is 14.4. The third kappa shape index (κ3) is 3.48. The highest BCUT2D eigenvalue weighted by atomic mass is 19.1. The zero-order chi connectivity index (χ0) is 14.7. The molecule has 0 aromatic heterocycles. The van der Waals surface area contributed by atoms with Gasteiger partial charge in [-0.15, -0.1) is 0 Å². The Hall–Kier alpha value is -1.62. The van der Waals surface area contributed by atoms with Crippen LogP contribution in [0.2, 0.25) is 0 Å². The standard InChI is InChI=1S/C15H22FN3O/c1-10(2)19(8-11-6-7-11)9-12-4-3-5-13(14(12)16)15(17)18-20/h3-5,10-11,20H,6-9H2,1-2H3,(H2,17,18). The molecular formula is C15H22FN3O. The molecule has 5 heteroatoms. The van der Waals surface area contributed by atoms with E-state index in [1.54, 1.807) is 12.1 Å². The summed E-state index contributed by atoms with van der Waals surface area (Å²) in [4.78, 5) is 2.27. The molecule has 0 unspecified atom stereocenters. The lowest BCUT2D eigenvalue weighted by Gasteiger charge is -2.27. The molecule has 0 bridgehead atoms. The van der Waals surface area contributed by atoms with E-state index < -0.39 is 5.82 Å². The van der Waals surface area contributed by atoms with Crippen LogP contribution in [0.1, 0.15) is 37.8 Å². The molecule has 1 saturated carbocycles. The van der Waals surface area contributed by atoms with Crippen LogP contribution in [0.25, 0.3) is 0 Å². The topological polar surface area (TPSA) is 61.8 Å². The summed E-state index contributed by atoms with van der Waals surface area (Å²) >= 11 is 0. The van der Waals surface area contributed by atoms with Gasteiger partial charge in [0.15, 0.2) is 5.84 Å². The molecule has 1 fully saturated rings. The number of rotatable bonds is 6. The molecule has 20 heavy (non-hydrogen) atoms. The molecule has 1 aromatic rings. The summed E-state index contributed by atoms with van der Waals surface area (Å²) in [6, 6.07) is 5.38. The first kappa shape index (κ1) is 14.8. The van der Waals surface area contributed by atoms with Crippen molar-refractivity contribution in [3.05, 3.63) is 35.1 Å². The van der Waals surface area contributed by atoms with Crippen LogP contribution in [0.5, 0.6) is 0 Å². The maximum atomic E-state index is 14.4. The summed E-state index contributed by atoms with van der Waals surface area (Å²) in [7, 11) is 0. The van der Waals surface area contributed by atoms with Crippen molar-refractivity contribution in [3.63, 3.8) is 0 Å². The highest BCUT2D eigenvalue weighted by Gasteiger charge is 2.26. The maximum Gasteiger partial charge on any atom is 0.173 e. The van der Waals surface area contributed by atoms with Crippen LogP contribution in [0, 0.1) is 11.7 Å². The Morgan fingerprint density at radius 2 is 2.20 bits per heavy atom. The van der Waals surface area contributed by atoms with E-state index in [1.807, 2.05) is 0 Å². The molecule has 1 aromatic carbocycles. The molecule has 0 amide bonds. The number of nitrogens with two attached hydrogens (primary N) is 1. The van der Waals surface area contributed by atoms with Crippen molar-refractivity contribution in [2.75, 3.05) is 6.54 Å². The Morgan fingerprint density at radius 3 is 2.75 bits per heavy atom. The second-order valence-corrected chi connectivity index (χ2v) is 5.73. The number of nitrogens with zero attached hydrogens (tertiary/aromatic N) is 2. The van der Waals surface area contributed by atoms with Gasteiger partial charge < -0.3 is 10.9 Å². The van der Waals surface area contributed by atoms with Crippen LogP contribution in [0.3, 0.4) is 0 Å². The second-order valence-electron chi connectivity index (χ2n) is 5.73. The van der Waals surface area contributed by atoms with Crippen molar-refractivity contribution in [2.45, 2.75) is 39.3 Å². The Morgan fingerprint density at radius 1 is 1.50 bits per heavy atom. The number of amidine groups is 1. The Kier molecular flexibility index (Phi) is 4.60. The molecule has 0 atom stereocenters. The van der Waals surface area contributed by atoms with Gasteiger partial charge in [0.1, 0.15) is 5.82 Å². The van der Waals surface area contributed by atoms with E-state index in [-0.39, 0.29) is 11.4 Å². The predicted molar refractivity (Wildman–Crippen MR) is 77.2 cm³/mol. The molecule has 110 valence electrons. The third-order valence-electron chi connectivity index (χ3n) is 3.76. The smallest absolute Gasteiger partial charge is 0.173 e. The Balaban J connectivity index is 2.18. The average molecular weight is 279 g/mol. The van der Waals surface area contributed by atoms with Gasteiger partial charge in [0, 0.05) is 24.7 Å². The van der Waals surface area contributed by atoms with Gasteiger partial charge in [-0.25, -0.2) is 4.39 Å². The number of hydrogen-bond donors (Lipinski definition) is 2. The first-order valence-corrected chi connectivity index (χ1v) is 7.02. The first-order valence-electron chi connectivity index (χ1n) is 7.02. The molecule has 1 aliphatic carbocycles. The van der Waals surface area contributed by atoms with Crippen LogP contribution in [0.15, 0.2) is 23.4 Å². The third-order valence-corrected chi connectivity index (χ3v) is 3.76. The SMILES string of the molecule is CC(C)N(Cc1cccc(/C(N)=N/O)c1F)CC1CC1. The fourth-order valence-corrected chi connectivity index (χ4v) is 2.26. The normalized spacial score (nSPS) is 16.1. The number of halogens is 1. The van der Waals surface area contributed by atoms with Crippen LogP contribution >= 0.6 is 0 Å². The van der Waals surface area contributed by atoms with Crippen molar-refractivity contribution in [3.8, 4) is 0 Å². The fourth-order valence-electron chi connectivity index (χ4n) is 2.26. The van der Waals surface area contributed by atoms with Gasteiger partial charge in [-0.3, -0.25) is 4.90 Å². The summed E-state index contributed by atoms with van der Waals surface area (Å²) in [5.74, 6) is 0.166. The van der Waals surface area contributed by atoms with Crippen molar-refractivity contribution in [2.24, 2.45) is 16.8 Å². The largest absolute Gasteiger partial charge is 0.409 e. The fraction of sp³-hybridized carbons (Fsp3) is 0.533. The average Bonchev–Trinajstić information content (AvgIpc) is 3.23. The minimum Gasteiger partial charge on any atom is -0.409 e. The van der Waals surface area contributed by atoms with E-state index in [4.69, 9.17) is 10.9 Å². The van der Waals surface area contributed by atoms with Gasteiger partial charge in [0.2, 0.25) is 0 Å². The molecule has 0 spiro atoms. The van der Waals surface area contributed by atoms with Gasteiger partial charge in [-0.05, 0) is 38.7 Å². The van der Waals surface area contributed by atoms with Crippen molar-refractivity contribution < 1.29 is 9.60 Å². The summed E-state index contributed by atoms with van der Waals surface area (Å²) in [6.07, 6.45) is 2.55. The summed E-state index contributed by atoms with van der Waals surface area (Å²) in [5, 5.41) is 11.6. The zero-order valence-electron chi connectivity index (χ0n) is 12.0. The predicted octanol–water partition coefficient (Wildman–Crippen LogP) is 2.54. The van der Waals surface area contributed by atoms with Crippen molar-refractivity contribution in [1.82, 2.24) is 4.90 Å². The minimum atomic E-state index is -0.399. The van der Waals surface area contributed by atoms with E-state index in [9.17, 15) is 4.39 Å². The lowest BCUT2D eigenvalue weighted by Crippen LogP contribution is -2.32. The van der Waals surface area contributed by atoms with Crippen LogP contribution in [-0.2, 0) is 6.54 Å².